The Morgan fingerprint density at radius 1 is 1.24 bits per heavy atom. The SMILES string of the molecule is CNCc1ccc(Oc2cncc(Br)c2)c(C(F)(F)F)c1. The highest BCUT2D eigenvalue weighted by Gasteiger charge is 2.34. The van der Waals surface area contributed by atoms with Gasteiger partial charge in [0.15, 0.2) is 0 Å². The van der Waals surface area contributed by atoms with Gasteiger partial charge in [0, 0.05) is 17.2 Å². The smallest absolute Gasteiger partial charge is 0.419 e. The fourth-order valence-corrected chi connectivity index (χ4v) is 2.12. The summed E-state index contributed by atoms with van der Waals surface area (Å²) in [6.45, 7) is 0.349. The average Bonchev–Trinajstić information content (AvgIpc) is 2.39. The first-order chi connectivity index (χ1) is 9.90. The zero-order chi connectivity index (χ0) is 15.5. The van der Waals surface area contributed by atoms with E-state index in [0.717, 1.165) is 6.07 Å². The highest BCUT2D eigenvalue weighted by Crippen LogP contribution is 2.38. The lowest BCUT2D eigenvalue weighted by Gasteiger charge is -2.15. The van der Waals surface area contributed by atoms with Gasteiger partial charge >= 0.3 is 6.18 Å². The summed E-state index contributed by atoms with van der Waals surface area (Å²) in [5, 5.41) is 2.81. The van der Waals surface area contributed by atoms with Crippen molar-refractivity contribution < 1.29 is 17.9 Å². The molecule has 0 aliphatic rings. The van der Waals surface area contributed by atoms with E-state index in [1.807, 2.05) is 0 Å². The summed E-state index contributed by atoms with van der Waals surface area (Å²) in [5.41, 5.74) is -0.278. The van der Waals surface area contributed by atoms with E-state index in [4.69, 9.17) is 4.74 Å². The van der Waals surface area contributed by atoms with E-state index >= 15 is 0 Å². The number of benzene rings is 1. The van der Waals surface area contributed by atoms with Crippen LogP contribution in [0.15, 0.2) is 41.1 Å². The highest BCUT2D eigenvalue weighted by molar-refractivity contribution is 9.10. The fourth-order valence-electron chi connectivity index (χ4n) is 1.78. The van der Waals surface area contributed by atoms with Gasteiger partial charge in [-0.1, -0.05) is 6.07 Å². The third-order valence-electron chi connectivity index (χ3n) is 2.64. The number of hydrogen-bond donors (Lipinski definition) is 1. The lowest BCUT2D eigenvalue weighted by Crippen LogP contribution is -2.10. The number of alkyl halides is 3. The molecule has 0 spiro atoms. The van der Waals surface area contributed by atoms with Crippen LogP contribution in [0, 0.1) is 0 Å². The molecular formula is C14H12BrF3N2O. The Morgan fingerprint density at radius 3 is 2.62 bits per heavy atom. The van der Waals surface area contributed by atoms with Crippen molar-refractivity contribution in [3.8, 4) is 11.5 Å². The Balaban J connectivity index is 2.38. The van der Waals surface area contributed by atoms with Crippen LogP contribution >= 0.6 is 15.9 Å². The first-order valence-electron chi connectivity index (χ1n) is 6.03. The number of nitrogens with zero attached hydrogens (tertiary/aromatic N) is 1. The van der Waals surface area contributed by atoms with Crippen molar-refractivity contribution in [1.29, 1.82) is 0 Å². The van der Waals surface area contributed by atoms with E-state index in [1.54, 1.807) is 19.2 Å². The quantitative estimate of drug-likeness (QED) is 0.878. The number of pyridine rings is 1. The number of rotatable bonds is 4. The van der Waals surface area contributed by atoms with Crippen molar-refractivity contribution >= 4 is 15.9 Å². The molecule has 2 rings (SSSR count). The minimum Gasteiger partial charge on any atom is -0.455 e. The molecule has 112 valence electrons. The molecule has 0 fully saturated rings. The maximum Gasteiger partial charge on any atom is 0.419 e. The largest absolute Gasteiger partial charge is 0.455 e. The second kappa shape index (κ2) is 6.44. The fraction of sp³-hybridized carbons (Fsp3) is 0.214. The lowest BCUT2D eigenvalue weighted by molar-refractivity contribution is -0.138. The normalized spacial score (nSPS) is 11.5. The Hall–Kier alpha value is -1.60. The highest BCUT2D eigenvalue weighted by atomic mass is 79.9. The molecule has 2 aromatic rings. The molecule has 0 radical (unpaired) electrons. The minimum absolute atomic E-state index is 0.233. The maximum atomic E-state index is 13.1. The molecule has 0 saturated heterocycles. The van der Waals surface area contributed by atoms with Crippen LogP contribution < -0.4 is 10.1 Å². The third kappa shape index (κ3) is 4.18. The number of halogens is 4. The van der Waals surface area contributed by atoms with Crippen molar-refractivity contribution in [2.24, 2.45) is 0 Å². The van der Waals surface area contributed by atoms with Gasteiger partial charge in [0.1, 0.15) is 11.5 Å². The molecule has 7 heteroatoms. The van der Waals surface area contributed by atoms with Crippen LogP contribution in [-0.4, -0.2) is 12.0 Å². The van der Waals surface area contributed by atoms with Crippen LogP contribution in [0.2, 0.25) is 0 Å². The molecule has 0 bridgehead atoms. The van der Waals surface area contributed by atoms with E-state index in [0.29, 0.717) is 16.6 Å². The lowest BCUT2D eigenvalue weighted by atomic mass is 10.1. The number of hydrogen-bond acceptors (Lipinski definition) is 3. The van der Waals surface area contributed by atoms with E-state index in [-0.39, 0.29) is 11.5 Å². The van der Waals surface area contributed by atoms with Gasteiger partial charge in [0.05, 0.1) is 11.8 Å². The molecule has 0 aliphatic carbocycles. The first kappa shape index (κ1) is 15.8. The van der Waals surface area contributed by atoms with Gasteiger partial charge in [-0.15, -0.1) is 0 Å². The van der Waals surface area contributed by atoms with Gasteiger partial charge < -0.3 is 10.1 Å². The monoisotopic (exact) mass is 360 g/mol. The van der Waals surface area contributed by atoms with Crippen molar-refractivity contribution in [3.05, 3.63) is 52.3 Å². The van der Waals surface area contributed by atoms with Crippen molar-refractivity contribution in [3.63, 3.8) is 0 Å². The zero-order valence-corrected chi connectivity index (χ0v) is 12.6. The van der Waals surface area contributed by atoms with Crippen LogP contribution in [0.1, 0.15) is 11.1 Å². The zero-order valence-electron chi connectivity index (χ0n) is 11.0. The summed E-state index contributed by atoms with van der Waals surface area (Å²) in [5.74, 6) is -0.0153. The van der Waals surface area contributed by atoms with Crippen LogP contribution in [-0.2, 0) is 12.7 Å². The predicted octanol–water partition coefficient (Wildman–Crippen LogP) is 4.37. The number of aromatic nitrogens is 1. The van der Waals surface area contributed by atoms with Crippen LogP contribution in [0.4, 0.5) is 13.2 Å². The second-order valence-electron chi connectivity index (χ2n) is 4.30. The Bertz CT molecular complexity index is 632. The third-order valence-corrected chi connectivity index (χ3v) is 3.07. The maximum absolute atomic E-state index is 13.1. The van der Waals surface area contributed by atoms with Gasteiger partial charge in [0.25, 0.3) is 0 Å². The molecular weight excluding hydrogens is 349 g/mol. The van der Waals surface area contributed by atoms with Gasteiger partial charge in [0.2, 0.25) is 0 Å². The Labute approximate surface area is 128 Å². The summed E-state index contributed by atoms with van der Waals surface area (Å²) in [6.07, 6.45) is -1.61. The summed E-state index contributed by atoms with van der Waals surface area (Å²) in [7, 11) is 1.67. The Morgan fingerprint density at radius 2 is 2.00 bits per heavy atom. The Kier molecular flexibility index (Phi) is 4.84. The topological polar surface area (TPSA) is 34.1 Å². The van der Waals surface area contributed by atoms with Gasteiger partial charge in [-0.25, -0.2) is 0 Å². The molecule has 1 heterocycles. The second-order valence-corrected chi connectivity index (χ2v) is 5.22. The van der Waals surface area contributed by atoms with Crippen LogP contribution in [0.3, 0.4) is 0 Å². The van der Waals surface area contributed by atoms with Crippen molar-refractivity contribution in [1.82, 2.24) is 10.3 Å². The molecule has 0 aliphatic heterocycles. The molecule has 0 amide bonds. The first-order valence-corrected chi connectivity index (χ1v) is 6.82. The van der Waals surface area contributed by atoms with Crippen molar-refractivity contribution in [2.45, 2.75) is 12.7 Å². The number of ether oxygens (including phenoxy) is 1. The molecule has 3 nitrogen and oxygen atoms in total. The standard InChI is InChI=1S/C14H12BrF3N2O/c1-19-6-9-2-3-13(12(4-9)14(16,17)18)21-11-5-10(15)7-20-8-11/h2-5,7-8,19H,6H2,1H3. The molecule has 0 unspecified atom stereocenters. The summed E-state index contributed by atoms with van der Waals surface area (Å²) < 4.78 is 45.3. The van der Waals surface area contributed by atoms with E-state index in [1.165, 1.54) is 18.5 Å². The molecule has 1 aromatic carbocycles. The molecule has 0 atom stereocenters. The predicted molar refractivity (Wildman–Crippen MR) is 76.2 cm³/mol. The van der Waals surface area contributed by atoms with Crippen molar-refractivity contribution in [2.75, 3.05) is 7.05 Å². The average molecular weight is 361 g/mol. The van der Waals surface area contributed by atoms with Crippen LogP contribution in [0.5, 0.6) is 11.5 Å². The summed E-state index contributed by atoms with van der Waals surface area (Å²) >= 11 is 3.19. The summed E-state index contributed by atoms with van der Waals surface area (Å²) in [6, 6.07) is 5.54. The molecule has 1 N–H and O–H groups in total. The van der Waals surface area contributed by atoms with Gasteiger partial charge in [-0.3, -0.25) is 4.98 Å². The van der Waals surface area contributed by atoms with E-state index in [2.05, 4.69) is 26.2 Å². The van der Waals surface area contributed by atoms with Crippen LogP contribution in [0.25, 0.3) is 0 Å². The van der Waals surface area contributed by atoms with E-state index < -0.39 is 11.7 Å². The van der Waals surface area contributed by atoms with E-state index in [9.17, 15) is 13.2 Å². The molecule has 0 saturated carbocycles. The molecule has 21 heavy (non-hydrogen) atoms. The minimum atomic E-state index is -4.49. The number of nitrogens with one attached hydrogen (secondary N) is 1. The molecule has 1 aromatic heterocycles. The van der Waals surface area contributed by atoms with Gasteiger partial charge in [-0.2, -0.15) is 13.2 Å². The summed E-state index contributed by atoms with van der Waals surface area (Å²) in [4.78, 5) is 3.86. The van der Waals surface area contributed by atoms with Gasteiger partial charge in [-0.05, 0) is 46.7 Å².